The van der Waals surface area contributed by atoms with Crippen LogP contribution in [0, 0.1) is 5.92 Å². The van der Waals surface area contributed by atoms with Crippen LogP contribution in [0.3, 0.4) is 0 Å². The maximum absolute atomic E-state index is 10.1. The van der Waals surface area contributed by atoms with Gasteiger partial charge in [0.25, 0.3) is 0 Å². The van der Waals surface area contributed by atoms with Crippen molar-refractivity contribution >= 4 is 11.4 Å². The normalized spacial score (nSPS) is 15.7. The molecule has 0 spiro atoms. The average molecular weight is 173 g/mol. The molecule has 3 nitrogen and oxygen atoms in total. The van der Waals surface area contributed by atoms with Crippen molar-refractivity contribution in [3.8, 4) is 0 Å². The van der Waals surface area contributed by atoms with Gasteiger partial charge in [-0.25, -0.2) is 4.21 Å². The molecule has 2 atom stereocenters. The molecule has 2 unspecified atom stereocenters. The molecule has 0 saturated carbocycles. The monoisotopic (exact) mass is 173 g/mol. The van der Waals surface area contributed by atoms with Crippen LogP contribution in [0.4, 0.5) is 0 Å². The summed E-state index contributed by atoms with van der Waals surface area (Å²) in [6.07, 6.45) is 0.560. The first-order valence-electron chi connectivity index (χ1n) is 3.34. The molecule has 0 aliphatic carbocycles. The summed E-state index contributed by atoms with van der Waals surface area (Å²) in [4.78, 5) is 0. The van der Waals surface area contributed by atoms with Crippen molar-refractivity contribution in [1.29, 1.82) is 0 Å². The SMILES string of the molecule is CCC(OS(=O)[O-])C(C)C.[H-].[Li+]. The smallest absolute Gasteiger partial charge is 1.00 e. The molecule has 0 rings (SSSR count). The summed E-state index contributed by atoms with van der Waals surface area (Å²) in [6, 6.07) is 0. The zero-order chi connectivity index (χ0) is 8.15. The maximum Gasteiger partial charge on any atom is 1.00 e. The van der Waals surface area contributed by atoms with Crippen LogP contribution in [0.1, 0.15) is 28.6 Å². The van der Waals surface area contributed by atoms with E-state index in [1.807, 2.05) is 20.8 Å². The van der Waals surface area contributed by atoms with E-state index in [1.165, 1.54) is 0 Å². The Hall–Kier alpha value is 0.667. The number of rotatable bonds is 4. The number of hydrogen-bond donors (Lipinski definition) is 0. The van der Waals surface area contributed by atoms with E-state index in [2.05, 4.69) is 4.18 Å². The van der Waals surface area contributed by atoms with Gasteiger partial charge in [0.05, 0.1) is 17.5 Å². The van der Waals surface area contributed by atoms with Gasteiger partial charge in [0.2, 0.25) is 0 Å². The minimum atomic E-state index is -2.37. The Morgan fingerprint density at radius 3 is 2.18 bits per heavy atom. The molecular formula is C6H14LiO3S-. The summed E-state index contributed by atoms with van der Waals surface area (Å²) in [7, 11) is 0. The molecule has 0 saturated heterocycles. The van der Waals surface area contributed by atoms with E-state index in [0.717, 1.165) is 6.42 Å². The predicted molar refractivity (Wildman–Crippen MR) is 40.0 cm³/mol. The zero-order valence-corrected chi connectivity index (χ0v) is 8.31. The van der Waals surface area contributed by atoms with Crippen molar-refractivity contribution < 1.29 is 33.2 Å². The van der Waals surface area contributed by atoms with Crippen LogP contribution in [0.2, 0.25) is 0 Å². The van der Waals surface area contributed by atoms with Gasteiger partial charge in [0, 0.05) is 0 Å². The average Bonchev–Trinajstić information content (AvgIpc) is 1.81. The van der Waals surface area contributed by atoms with Gasteiger partial charge < -0.3 is 5.98 Å². The molecule has 5 heteroatoms. The Labute approximate surface area is 84.0 Å². The molecule has 64 valence electrons. The summed E-state index contributed by atoms with van der Waals surface area (Å²) in [5, 5.41) is 0. The van der Waals surface area contributed by atoms with Crippen LogP contribution in [-0.2, 0) is 15.5 Å². The Kier molecular flexibility index (Phi) is 9.46. The minimum Gasteiger partial charge on any atom is -1.00 e. The Bertz CT molecular complexity index is 123. The van der Waals surface area contributed by atoms with Gasteiger partial charge >= 0.3 is 18.9 Å². The van der Waals surface area contributed by atoms with E-state index < -0.39 is 11.4 Å². The van der Waals surface area contributed by atoms with Crippen molar-refractivity contribution in [2.75, 3.05) is 0 Å². The van der Waals surface area contributed by atoms with E-state index in [-0.39, 0.29) is 32.3 Å². The third-order valence-corrected chi connectivity index (χ3v) is 1.75. The van der Waals surface area contributed by atoms with Crippen molar-refractivity contribution in [1.82, 2.24) is 0 Å². The minimum absolute atomic E-state index is 0. The second kappa shape index (κ2) is 7.32. The molecule has 0 amide bonds. The molecule has 0 aliphatic heterocycles. The standard InChI is InChI=1S/C6H14O3S.Li.H/c1-4-6(5(2)3)9-10(7)8;;/h5-6H,4H2,1-3H3,(H,7,8);;/q;+1;-1/p-1. The summed E-state index contributed by atoms with van der Waals surface area (Å²) in [5.74, 6) is 0.253. The van der Waals surface area contributed by atoms with Gasteiger partial charge in [-0.2, -0.15) is 0 Å². The second-order valence-electron chi connectivity index (χ2n) is 2.49. The van der Waals surface area contributed by atoms with Gasteiger partial charge in [0.1, 0.15) is 0 Å². The largest absolute Gasteiger partial charge is 1.00 e. The molecule has 0 fully saturated rings. The fourth-order valence-corrected chi connectivity index (χ4v) is 1.31. The van der Waals surface area contributed by atoms with E-state index in [4.69, 9.17) is 0 Å². The fourth-order valence-electron chi connectivity index (χ4n) is 0.751. The maximum atomic E-state index is 10.1. The van der Waals surface area contributed by atoms with Gasteiger partial charge in [-0.1, -0.05) is 20.8 Å². The van der Waals surface area contributed by atoms with Gasteiger partial charge in [-0.05, 0) is 12.3 Å². The molecule has 11 heavy (non-hydrogen) atoms. The van der Waals surface area contributed by atoms with Crippen LogP contribution in [-0.4, -0.2) is 14.9 Å². The van der Waals surface area contributed by atoms with E-state index >= 15 is 0 Å². The quantitative estimate of drug-likeness (QED) is 0.378. The zero-order valence-electron chi connectivity index (χ0n) is 8.49. The molecule has 0 aromatic carbocycles. The predicted octanol–water partition coefficient (Wildman–Crippen LogP) is -1.65. The van der Waals surface area contributed by atoms with E-state index in [1.54, 1.807) is 0 Å². The molecule has 0 aromatic rings. The molecule has 0 heterocycles. The number of hydrogen-bond acceptors (Lipinski definition) is 3. The molecular weight excluding hydrogens is 159 g/mol. The summed E-state index contributed by atoms with van der Waals surface area (Å²) in [5.41, 5.74) is 0. The second-order valence-corrected chi connectivity index (χ2v) is 3.09. The Morgan fingerprint density at radius 2 is 2.09 bits per heavy atom. The summed E-state index contributed by atoms with van der Waals surface area (Å²) in [6.45, 7) is 5.76. The third-order valence-electron chi connectivity index (χ3n) is 1.35. The van der Waals surface area contributed by atoms with Gasteiger partial charge in [-0.15, -0.1) is 0 Å². The summed E-state index contributed by atoms with van der Waals surface area (Å²) >= 11 is -2.37. The first-order chi connectivity index (χ1) is 4.57. The van der Waals surface area contributed by atoms with Gasteiger partial charge in [-0.3, -0.25) is 4.18 Å². The van der Waals surface area contributed by atoms with Crippen molar-refractivity contribution in [3.63, 3.8) is 0 Å². The van der Waals surface area contributed by atoms with Crippen LogP contribution < -0.4 is 18.9 Å². The van der Waals surface area contributed by atoms with E-state index in [0.29, 0.717) is 0 Å². The van der Waals surface area contributed by atoms with Gasteiger partial charge in [0.15, 0.2) is 0 Å². The van der Waals surface area contributed by atoms with Crippen LogP contribution >= 0.6 is 0 Å². The van der Waals surface area contributed by atoms with Crippen molar-refractivity contribution in [2.24, 2.45) is 5.92 Å². The molecule has 0 bridgehead atoms. The van der Waals surface area contributed by atoms with Crippen molar-refractivity contribution in [2.45, 2.75) is 33.3 Å². The first-order valence-corrected chi connectivity index (χ1v) is 4.34. The summed E-state index contributed by atoms with van der Waals surface area (Å²) < 4.78 is 24.7. The third kappa shape index (κ3) is 7.04. The molecule has 0 radical (unpaired) electrons. The molecule has 0 aliphatic rings. The topological polar surface area (TPSA) is 49.4 Å². The first kappa shape index (κ1) is 14.2. The van der Waals surface area contributed by atoms with Crippen LogP contribution in [0.15, 0.2) is 0 Å². The van der Waals surface area contributed by atoms with Crippen LogP contribution in [0.25, 0.3) is 0 Å². The van der Waals surface area contributed by atoms with Crippen LogP contribution in [0.5, 0.6) is 0 Å². The fraction of sp³-hybridized carbons (Fsp3) is 1.00. The van der Waals surface area contributed by atoms with Crippen molar-refractivity contribution in [3.05, 3.63) is 0 Å². The molecule has 0 N–H and O–H groups in total. The Balaban J connectivity index is -0.000000405. The van der Waals surface area contributed by atoms with E-state index in [9.17, 15) is 8.76 Å². The molecule has 0 aromatic heterocycles. The Morgan fingerprint density at radius 1 is 1.64 bits per heavy atom.